The first kappa shape index (κ1) is 11.1. The fourth-order valence-corrected chi connectivity index (χ4v) is 1.72. The molecule has 2 aromatic rings. The predicted octanol–water partition coefficient (Wildman–Crippen LogP) is 3.60. The zero-order valence-corrected chi connectivity index (χ0v) is 9.86. The van der Waals surface area contributed by atoms with E-state index in [0.29, 0.717) is 6.61 Å². The van der Waals surface area contributed by atoms with Gasteiger partial charge < -0.3 is 4.74 Å². The summed E-state index contributed by atoms with van der Waals surface area (Å²) in [6.45, 7) is 0.696. The van der Waals surface area contributed by atoms with Crippen molar-refractivity contribution in [2.45, 2.75) is 11.3 Å². The summed E-state index contributed by atoms with van der Waals surface area (Å²) in [7, 11) is 0. The molecule has 0 unspecified atom stereocenters. The fraction of sp³-hybridized carbons (Fsp3) is 0.143. The van der Waals surface area contributed by atoms with Crippen molar-refractivity contribution in [3.8, 4) is 5.75 Å². The summed E-state index contributed by atoms with van der Waals surface area (Å²) in [5.74, 6) is 0.878. The van der Waals surface area contributed by atoms with Gasteiger partial charge in [-0.3, -0.25) is 0 Å². The maximum absolute atomic E-state index is 5.64. The van der Waals surface area contributed by atoms with E-state index in [9.17, 15) is 0 Å². The molecular weight excluding hydrogens is 216 g/mol. The summed E-state index contributed by atoms with van der Waals surface area (Å²) in [5.41, 5.74) is 1.30. The SMILES string of the molecule is Sc1cccc(OCCc2ccccc2)c1. The highest BCUT2D eigenvalue weighted by Crippen LogP contribution is 2.15. The fourth-order valence-electron chi connectivity index (χ4n) is 1.50. The molecule has 0 aliphatic rings. The Kier molecular flexibility index (Phi) is 3.89. The third-order valence-electron chi connectivity index (χ3n) is 2.32. The molecular formula is C14H14OS. The summed E-state index contributed by atoms with van der Waals surface area (Å²) < 4.78 is 5.64. The van der Waals surface area contributed by atoms with Crippen molar-refractivity contribution in [3.05, 3.63) is 60.2 Å². The van der Waals surface area contributed by atoms with Crippen LogP contribution in [-0.4, -0.2) is 6.61 Å². The standard InChI is InChI=1S/C14H14OS/c16-14-8-4-7-13(11-14)15-10-9-12-5-2-1-3-6-12/h1-8,11,16H,9-10H2. The van der Waals surface area contributed by atoms with Crippen LogP contribution in [0.25, 0.3) is 0 Å². The van der Waals surface area contributed by atoms with Crippen LogP contribution in [0.2, 0.25) is 0 Å². The van der Waals surface area contributed by atoms with Gasteiger partial charge in [0.25, 0.3) is 0 Å². The quantitative estimate of drug-likeness (QED) is 0.790. The topological polar surface area (TPSA) is 9.23 Å². The molecule has 82 valence electrons. The van der Waals surface area contributed by atoms with Crippen molar-refractivity contribution in [1.29, 1.82) is 0 Å². The van der Waals surface area contributed by atoms with Gasteiger partial charge >= 0.3 is 0 Å². The van der Waals surface area contributed by atoms with Crippen LogP contribution in [-0.2, 0) is 6.42 Å². The lowest BCUT2D eigenvalue weighted by Gasteiger charge is -2.06. The number of rotatable bonds is 4. The minimum Gasteiger partial charge on any atom is -0.493 e. The van der Waals surface area contributed by atoms with Crippen LogP contribution in [0.4, 0.5) is 0 Å². The van der Waals surface area contributed by atoms with Crippen LogP contribution < -0.4 is 4.74 Å². The molecule has 0 aliphatic carbocycles. The predicted molar refractivity (Wildman–Crippen MR) is 69.3 cm³/mol. The molecule has 16 heavy (non-hydrogen) atoms. The summed E-state index contributed by atoms with van der Waals surface area (Å²) in [5, 5.41) is 0. The van der Waals surface area contributed by atoms with Gasteiger partial charge in [0.1, 0.15) is 5.75 Å². The highest BCUT2D eigenvalue weighted by atomic mass is 32.1. The summed E-state index contributed by atoms with van der Waals surface area (Å²) in [4.78, 5) is 0.928. The molecule has 0 radical (unpaired) electrons. The van der Waals surface area contributed by atoms with Gasteiger partial charge in [-0.05, 0) is 23.8 Å². The first-order chi connectivity index (χ1) is 7.84. The second-order valence-electron chi connectivity index (χ2n) is 3.58. The number of ether oxygens (including phenoxy) is 1. The van der Waals surface area contributed by atoms with Gasteiger partial charge in [0, 0.05) is 11.3 Å². The Bertz CT molecular complexity index is 439. The summed E-state index contributed by atoms with van der Waals surface area (Å²) >= 11 is 4.27. The van der Waals surface area contributed by atoms with Gasteiger partial charge in [0.15, 0.2) is 0 Å². The molecule has 0 N–H and O–H groups in total. The van der Waals surface area contributed by atoms with E-state index in [-0.39, 0.29) is 0 Å². The molecule has 2 aromatic carbocycles. The number of benzene rings is 2. The Labute approximate surface area is 101 Å². The van der Waals surface area contributed by atoms with Gasteiger partial charge in [-0.1, -0.05) is 36.4 Å². The average molecular weight is 230 g/mol. The van der Waals surface area contributed by atoms with Crippen LogP contribution >= 0.6 is 12.6 Å². The van der Waals surface area contributed by atoms with E-state index in [0.717, 1.165) is 17.1 Å². The molecule has 2 heteroatoms. The van der Waals surface area contributed by atoms with Crippen molar-refractivity contribution < 1.29 is 4.74 Å². The second-order valence-corrected chi connectivity index (χ2v) is 4.10. The molecule has 0 heterocycles. The van der Waals surface area contributed by atoms with Gasteiger partial charge in [-0.2, -0.15) is 0 Å². The Morgan fingerprint density at radius 1 is 0.938 bits per heavy atom. The minimum atomic E-state index is 0.696. The first-order valence-corrected chi connectivity index (χ1v) is 5.75. The van der Waals surface area contributed by atoms with Crippen LogP contribution in [0.5, 0.6) is 5.75 Å². The van der Waals surface area contributed by atoms with Gasteiger partial charge in [0.2, 0.25) is 0 Å². The van der Waals surface area contributed by atoms with E-state index in [1.54, 1.807) is 0 Å². The molecule has 0 saturated carbocycles. The van der Waals surface area contributed by atoms with Gasteiger partial charge in [0.05, 0.1) is 6.61 Å². The monoisotopic (exact) mass is 230 g/mol. The van der Waals surface area contributed by atoms with Gasteiger partial charge in [-0.25, -0.2) is 0 Å². The van der Waals surface area contributed by atoms with Crippen molar-refractivity contribution in [2.24, 2.45) is 0 Å². The van der Waals surface area contributed by atoms with Crippen LogP contribution in [0.1, 0.15) is 5.56 Å². The molecule has 0 fully saturated rings. The number of thiol groups is 1. The smallest absolute Gasteiger partial charge is 0.120 e. The highest BCUT2D eigenvalue weighted by Gasteiger charge is 1.95. The van der Waals surface area contributed by atoms with Crippen molar-refractivity contribution in [1.82, 2.24) is 0 Å². The van der Waals surface area contributed by atoms with Gasteiger partial charge in [-0.15, -0.1) is 12.6 Å². The molecule has 0 bridgehead atoms. The maximum atomic E-state index is 5.64. The van der Waals surface area contributed by atoms with E-state index < -0.39 is 0 Å². The van der Waals surface area contributed by atoms with Crippen LogP contribution in [0.15, 0.2) is 59.5 Å². The Morgan fingerprint density at radius 3 is 2.50 bits per heavy atom. The Balaban J connectivity index is 1.85. The first-order valence-electron chi connectivity index (χ1n) is 5.30. The summed E-state index contributed by atoms with van der Waals surface area (Å²) in [6.07, 6.45) is 0.928. The molecule has 0 aliphatic heterocycles. The third kappa shape index (κ3) is 3.31. The minimum absolute atomic E-state index is 0.696. The Morgan fingerprint density at radius 2 is 1.75 bits per heavy atom. The van der Waals surface area contributed by atoms with E-state index in [1.165, 1.54) is 5.56 Å². The molecule has 0 spiro atoms. The van der Waals surface area contributed by atoms with E-state index in [4.69, 9.17) is 4.74 Å². The number of hydrogen-bond acceptors (Lipinski definition) is 2. The third-order valence-corrected chi connectivity index (χ3v) is 2.60. The van der Waals surface area contributed by atoms with Crippen LogP contribution in [0.3, 0.4) is 0 Å². The molecule has 0 amide bonds. The zero-order valence-electron chi connectivity index (χ0n) is 8.97. The largest absolute Gasteiger partial charge is 0.493 e. The molecule has 0 aromatic heterocycles. The normalized spacial score (nSPS) is 10.1. The lowest BCUT2D eigenvalue weighted by molar-refractivity contribution is 0.321. The second kappa shape index (κ2) is 5.61. The molecule has 0 saturated heterocycles. The van der Waals surface area contributed by atoms with Crippen molar-refractivity contribution in [3.63, 3.8) is 0 Å². The lowest BCUT2D eigenvalue weighted by Crippen LogP contribution is -2.00. The average Bonchev–Trinajstić information content (AvgIpc) is 2.30. The highest BCUT2D eigenvalue weighted by molar-refractivity contribution is 7.80. The molecule has 1 nitrogen and oxygen atoms in total. The lowest BCUT2D eigenvalue weighted by atomic mass is 10.2. The zero-order chi connectivity index (χ0) is 11.2. The van der Waals surface area contributed by atoms with Crippen molar-refractivity contribution >= 4 is 12.6 Å². The molecule has 0 atom stereocenters. The maximum Gasteiger partial charge on any atom is 0.120 e. The Hall–Kier alpha value is -1.41. The van der Waals surface area contributed by atoms with E-state index >= 15 is 0 Å². The summed E-state index contributed by atoms with van der Waals surface area (Å²) in [6, 6.07) is 18.1. The van der Waals surface area contributed by atoms with Crippen LogP contribution in [0, 0.1) is 0 Å². The number of hydrogen-bond donors (Lipinski definition) is 1. The van der Waals surface area contributed by atoms with E-state index in [1.807, 2.05) is 42.5 Å². The molecule has 2 rings (SSSR count). The van der Waals surface area contributed by atoms with Crippen molar-refractivity contribution in [2.75, 3.05) is 6.61 Å². The van der Waals surface area contributed by atoms with E-state index in [2.05, 4.69) is 24.8 Å².